The van der Waals surface area contributed by atoms with Crippen molar-refractivity contribution in [2.45, 2.75) is 32.7 Å². The molecule has 5 nitrogen and oxygen atoms in total. The predicted molar refractivity (Wildman–Crippen MR) is 102 cm³/mol. The summed E-state index contributed by atoms with van der Waals surface area (Å²) in [5.41, 5.74) is 1.87. The maximum absolute atomic E-state index is 14.1. The van der Waals surface area contributed by atoms with Gasteiger partial charge in [0.15, 0.2) is 17.3 Å². The number of benzene rings is 1. The predicted octanol–water partition coefficient (Wildman–Crippen LogP) is 3.14. The van der Waals surface area contributed by atoms with E-state index >= 15 is 0 Å². The molecular formula is C21H26F2N4O. The Balaban J connectivity index is 1.44. The number of nitrogens with zero attached hydrogens (tertiary/aromatic N) is 4. The fraction of sp³-hybridized carbons (Fsp3) is 0.524. The highest BCUT2D eigenvalue weighted by molar-refractivity contribution is 5.92. The largest absolute Gasteiger partial charge is 0.337 e. The number of piperidine rings is 1. The van der Waals surface area contributed by atoms with Gasteiger partial charge in [-0.1, -0.05) is 12.1 Å². The monoisotopic (exact) mass is 388 g/mol. The summed E-state index contributed by atoms with van der Waals surface area (Å²) in [6.07, 6.45) is 2.99. The number of carbonyl (C=O) groups excluding carboxylic acids is 1. The van der Waals surface area contributed by atoms with Crippen molar-refractivity contribution in [1.29, 1.82) is 0 Å². The third kappa shape index (κ3) is 3.55. The highest BCUT2D eigenvalue weighted by Gasteiger charge is 2.43. The van der Waals surface area contributed by atoms with E-state index in [9.17, 15) is 13.6 Å². The molecule has 1 aromatic heterocycles. The number of likely N-dealkylation sites (tertiary alicyclic amines) is 2. The zero-order valence-electron chi connectivity index (χ0n) is 16.4. The fourth-order valence-corrected chi connectivity index (χ4v) is 4.63. The molecule has 2 fully saturated rings. The van der Waals surface area contributed by atoms with Crippen molar-refractivity contribution < 1.29 is 13.6 Å². The number of hydrogen-bond acceptors (Lipinski definition) is 3. The van der Waals surface area contributed by atoms with Crippen molar-refractivity contribution in [3.63, 3.8) is 0 Å². The number of rotatable bonds is 3. The Morgan fingerprint density at radius 1 is 1.21 bits per heavy atom. The smallest absolute Gasteiger partial charge is 0.274 e. The van der Waals surface area contributed by atoms with Crippen molar-refractivity contribution in [2.75, 3.05) is 26.2 Å². The first kappa shape index (κ1) is 19.1. The molecule has 1 spiro atoms. The van der Waals surface area contributed by atoms with Crippen LogP contribution in [-0.4, -0.2) is 51.7 Å². The summed E-state index contributed by atoms with van der Waals surface area (Å²) in [7, 11) is 1.84. The maximum atomic E-state index is 14.1. The van der Waals surface area contributed by atoms with Gasteiger partial charge in [-0.25, -0.2) is 8.78 Å². The quantitative estimate of drug-likeness (QED) is 0.811. The average Bonchev–Trinajstić information content (AvgIpc) is 3.22. The lowest BCUT2D eigenvalue weighted by Gasteiger charge is -2.40. The van der Waals surface area contributed by atoms with Gasteiger partial charge in [0.25, 0.3) is 5.91 Å². The molecule has 0 aliphatic carbocycles. The third-order valence-electron chi connectivity index (χ3n) is 6.22. The van der Waals surface area contributed by atoms with Gasteiger partial charge < -0.3 is 4.90 Å². The Kier molecular flexibility index (Phi) is 4.95. The first-order valence-electron chi connectivity index (χ1n) is 9.82. The minimum absolute atomic E-state index is 0.0196. The van der Waals surface area contributed by atoms with Gasteiger partial charge >= 0.3 is 0 Å². The molecule has 7 heteroatoms. The molecule has 0 N–H and O–H groups in total. The van der Waals surface area contributed by atoms with Crippen LogP contribution >= 0.6 is 0 Å². The molecule has 28 heavy (non-hydrogen) atoms. The van der Waals surface area contributed by atoms with E-state index < -0.39 is 11.6 Å². The summed E-state index contributed by atoms with van der Waals surface area (Å²) in [5.74, 6) is -1.57. The lowest BCUT2D eigenvalue weighted by Crippen LogP contribution is -2.45. The maximum Gasteiger partial charge on any atom is 0.274 e. The number of halogens is 2. The molecule has 3 heterocycles. The Morgan fingerprint density at radius 2 is 2.04 bits per heavy atom. The molecular weight excluding hydrogens is 362 g/mol. The van der Waals surface area contributed by atoms with E-state index in [1.807, 2.05) is 24.9 Å². The highest BCUT2D eigenvalue weighted by Crippen LogP contribution is 2.39. The molecule has 2 aromatic rings. The SMILES string of the molecule is Cc1cc(C(=O)N2CCC3(CCCN(Cc4cccc(F)c4F)C3)C2)nn1C. The Bertz CT molecular complexity index is 877. The highest BCUT2D eigenvalue weighted by atomic mass is 19.2. The van der Waals surface area contributed by atoms with Crippen LogP contribution in [0.25, 0.3) is 0 Å². The van der Waals surface area contributed by atoms with Gasteiger partial charge in [0.1, 0.15) is 0 Å². The van der Waals surface area contributed by atoms with Crippen LogP contribution in [0.15, 0.2) is 24.3 Å². The van der Waals surface area contributed by atoms with Crippen molar-refractivity contribution in [1.82, 2.24) is 19.6 Å². The Labute approximate surface area is 163 Å². The van der Waals surface area contributed by atoms with Crippen LogP contribution in [0, 0.1) is 24.0 Å². The van der Waals surface area contributed by atoms with E-state index in [1.54, 1.807) is 16.8 Å². The van der Waals surface area contributed by atoms with E-state index in [4.69, 9.17) is 0 Å². The Hall–Kier alpha value is -2.28. The normalized spacial score (nSPS) is 22.9. The summed E-state index contributed by atoms with van der Waals surface area (Å²) < 4.78 is 29.3. The van der Waals surface area contributed by atoms with E-state index in [1.165, 1.54) is 0 Å². The minimum Gasteiger partial charge on any atom is -0.337 e. The molecule has 4 rings (SSSR count). The van der Waals surface area contributed by atoms with E-state index in [2.05, 4.69) is 10.00 Å². The summed E-state index contributed by atoms with van der Waals surface area (Å²) in [4.78, 5) is 16.9. The van der Waals surface area contributed by atoms with Crippen LogP contribution in [0.1, 0.15) is 41.0 Å². The molecule has 1 amide bonds. The summed E-state index contributed by atoms with van der Waals surface area (Å²) >= 11 is 0. The molecule has 0 saturated carbocycles. The molecule has 2 aliphatic heterocycles. The van der Waals surface area contributed by atoms with Crippen LogP contribution < -0.4 is 0 Å². The van der Waals surface area contributed by atoms with Gasteiger partial charge in [-0.05, 0) is 44.9 Å². The lowest BCUT2D eigenvalue weighted by molar-refractivity contribution is 0.0668. The topological polar surface area (TPSA) is 41.4 Å². The Morgan fingerprint density at radius 3 is 2.79 bits per heavy atom. The van der Waals surface area contributed by atoms with E-state index in [0.717, 1.165) is 50.7 Å². The van der Waals surface area contributed by atoms with Crippen molar-refractivity contribution >= 4 is 5.91 Å². The average molecular weight is 388 g/mol. The van der Waals surface area contributed by atoms with Gasteiger partial charge in [-0.15, -0.1) is 0 Å². The van der Waals surface area contributed by atoms with Crippen molar-refractivity contribution in [3.05, 3.63) is 52.9 Å². The van der Waals surface area contributed by atoms with Crippen LogP contribution in [0.2, 0.25) is 0 Å². The van der Waals surface area contributed by atoms with Crippen LogP contribution in [0.4, 0.5) is 8.78 Å². The number of carbonyl (C=O) groups is 1. The zero-order chi connectivity index (χ0) is 19.9. The molecule has 1 aromatic carbocycles. The second kappa shape index (κ2) is 7.28. The molecule has 1 atom stereocenters. The molecule has 2 aliphatic rings. The van der Waals surface area contributed by atoms with Crippen LogP contribution in [-0.2, 0) is 13.6 Å². The number of aromatic nitrogens is 2. The lowest BCUT2D eigenvalue weighted by atomic mass is 9.79. The van der Waals surface area contributed by atoms with E-state index in [-0.39, 0.29) is 11.3 Å². The number of amides is 1. The van der Waals surface area contributed by atoms with Gasteiger partial charge in [-0.2, -0.15) is 5.10 Å². The minimum atomic E-state index is -0.799. The molecule has 1 unspecified atom stereocenters. The van der Waals surface area contributed by atoms with Crippen LogP contribution in [0.3, 0.4) is 0 Å². The summed E-state index contributed by atoms with van der Waals surface area (Å²) in [5, 5.41) is 4.31. The second-order valence-corrected chi connectivity index (χ2v) is 8.30. The molecule has 150 valence electrons. The van der Waals surface area contributed by atoms with Crippen molar-refractivity contribution in [2.24, 2.45) is 12.5 Å². The van der Waals surface area contributed by atoms with Crippen molar-refractivity contribution in [3.8, 4) is 0 Å². The molecule has 0 bridgehead atoms. The van der Waals surface area contributed by atoms with Gasteiger partial charge in [-0.3, -0.25) is 14.4 Å². The summed E-state index contributed by atoms with van der Waals surface area (Å²) in [6.45, 7) is 5.41. The van der Waals surface area contributed by atoms with Gasteiger partial charge in [0, 0.05) is 49.9 Å². The number of hydrogen-bond donors (Lipinski definition) is 0. The molecule has 0 radical (unpaired) electrons. The van der Waals surface area contributed by atoms with E-state index in [0.29, 0.717) is 24.3 Å². The zero-order valence-corrected chi connectivity index (χ0v) is 16.4. The number of aryl methyl sites for hydroxylation is 2. The first-order valence-corrected chi connectivity index (χ1v) is 9.82. The third-order valence-corrected chi connectivity index (χ3v) is 6.22. The second-order valence-electron chi connectivity index (χ2n) is 8.30. The van der Waals surface area contributed by atoms with Gasteiger partial charge in [0.2, 0.25) is 0 Å². The molecule has 2 saturated heterocycles. The van der Waals surface area contributed by atoms with Gasteiger partial charge in [0.05, 0.1) is 0 Å². The summed E-state index contributed by atoms with van der Waals surface area (Å²) in [6, 6.07) is 6.18. The first-order chi connectivity index (χ1) is 13.4. The fourth-order valence-electron chi connectivity index (χ4n) is 4.63. The standard InChI is InChI=1S/C21H26F2N4O/c1-15-11-18(24-25(15)2)20(28)27-10-8-21(14-27)7-4-9-26(13-21)12-16-5-3-6-17(22)19(16)23/h3,5-6,11H,4,7-10,12-14H2,1-2H3. The van der Waals surface area contributed by atoms with Crippen LogP contribution in [0.5, 0.6) is 0 Å².